The average molecular weight is 201 g/mol. The van der Waals surface area contributed by atoms with E-state index in [-0.39, 0.29) is 5.97 Å². The van der Waals surface area contributed by atoms with Crippen LogP contribution in [0.1, 0.15) is 39.5 Å². The summed E-state index contributed by atoms with van der Waals surface area (Å²) in [6.45, 7) is 6.71. The lowest BCUT2D eigenvalue weighted by Gasteiger charge is -2.12. The third-order valence-electron chi connectivity index (χ3n) is 2.27. The summed E-state index contributed by atoms with van der Waals surface area (Å²) in [4.78, 5) is 13.2. The molecule has 0 aliphatic rings. The number of nitrogens with zero attached hydrogens (tertiary/aromatic N) is 1. The molecular weight excluding hydrogens is 178 g/mol. The lowest BCUT2D eigenvalue weighted by molar-refractivity contribution is -0.143. The first-order valence-corrected chi connectivity index (χ1v) is 5.54. The second-order valence-electron chi connectivity index (χ2n) is 3.51. The Labute approximate surface area is 87.4 Å². The van der Waals surface area contributed by atoms with Gasteiger partial charge in [0.1, 0.15) is 0 Å². The van der Waals surface area contributed by atoms with Crippen molar-refractivity contribution >= 4 is 5.97 Å². The molecule has 0 atom stereocenters. The molecule has 0 amide bonds. The van der Waals surface area contributed by atoms with Gasteiger partial charge in [-0.25, -0.2) is 0 Å². The Balaban J connectivity index is 3.17. The number of ether oxygens (including phenoxy) is 1. The third kappa shape index (κ3) is 8.05. The fourth-order valence-electron chi connectivity index (χ4n) is 1.22. The van der Waals surface area contributed by atoms with Crippen molar-refractivity contribution in [1.82, 2.24) is 4.90 Å². The number of hydrogen-bond acceptors (Lipinski definition) is 3. The van der Waals surface area contributed by atoms with Crippen molar-refractivity contribution in [3.05, 3.63) is 0 Å². The van der Waals surface area contributed by atoms with Crippen LogP contribution in [0.5, 0.6) is 0 Å². The van der Waals surface area contributed by atoms with E-state index in [0.717, 1.165) is 25.9 Å². The van der Waals surface area contributed by atoms with E-state index in [0.29, 0.717) is 13.0 Å². The van der Waals surface area contributed by atoms with Crippen LogP contribution in [0.3, 0.4) is 0 Å². The maximum absolute atomic E-state index is 11.0. The van der Waals surface area contributed by atoms with Gasteiger partial charge >= 0.3 is 5.97 Å². The molecule has 14 heavy (non-hydrogen) atoms. The first-order valence-electron chi connectivity index (χ1n) is 5.54. The minimum Gasteiger partial charge on any atom is -0.466 e. The van der Waals surface area contributed by atoms with Gasteiger partial charge in [0, 0.05) is 6.42 Å². The van der Waals surface area contributed by atoms with Crippen LogP contribution in [0.2, 0.25) is 0 Å². The van der Waals surface area contributed by atoms with Gasteiger partial charge in [-0.1, -0.05) is 13.3 Å². The number of unbranched alkanes of at least 4 members (excludes halogenated alkanes) is 2. The molecule has 84 valence electrons. The monoisotopic (exact) mass is 201 g/mol. The molecule has 0 aliphatic heterocycles. The second-order valence-corrected chi connectivity index (χ2v) is 3.51. The van der Waals surface area contributed by atoms with Gasteiger partial charge < -0.3 is 9.64 Å². The number of esters is 1. The minimum absolute atomic E-state index is 0.0589. The first-order chi connectivity index (χ1) is 6.70. The highest BCUT2D eigenvalue weighted by molar-refractivity contribution is 5.69. The average Bonchev–Trinajstić information content (AvgIpc) is 2.17. The quantitative estimate of drug-likeness (QED) is 0.445. The van der Waals surface area contributed by atoms with E-state index in [2.05, 4.69) is 18.9 Å². The fraction of sp³-hybridized carbons (Fsp3) is 0.909. The van der Waals surface area contributed by atoms with Crippen LogP contribution in [-0.2, 0) is 9.53 Å². The topological polar surface area (TPSA) is 29.5 Å². The smallest absolute Gasteiger partial charge is 0.305 e. The summed E-state index contributed by atoms with van der Waals surface area (Å²) >= 11 is 0. The molecule has 0 saturated carbocycles. The highest BCUT2D eigenvalue weighted by Crippen LogP contribution is 2.02. The predicted molar refractivity (Wildman–Crippen MR) is 58.3 cm³/mol. The van der Waals surface area contributed by atoms with Crippen LogP contribution >= 0.6 is 0 Å². The molecule has 0 aromatic rings. The lowest BCUT2D eigenvalue weighted by Crippen LogP contribution is -2.18. The van der Waals surface area contributed by atoms with Gasteiger partial charge in [0.25, 0.3) is 0 Å². The maximum atomic E-state index is 11.0. The molecule has 0 aromatic carbocycles. The normalized spacial score (nSPS) is 10.6. The Hall–Kier alpha value is -0.570. The van der Waals surface area contributed by atoms with E-state index in [1.54, 1.807) is 0 Å². The van der Waals surface area contributed by atoms with Crippen molar-refractivity contribution in [3.8, 4) is 0 Å². The Morgan fingerprint density at radius 3 is 2.50 bits per heavy atom. The van der Waals surface area contributed by atoms with Crippen molar-refractivity contribution < 1.29 is 9.53 Å². The van der Waals surface area contributed by atoms with Crippen LogP contribution in [0, 0.1) is 0 Å². The van der Waals surface area contributed by atoms with E-state index in [4.69, 9.17) is 4.74 Å². The summed E-state index contributed by atoms with van der Waals surface area (Å²) in [5.74, 6) is -0.0589. The number of carbonyl (C=O) groups excluding carboxylic acids is 1. The first kappa shape index (κ1) is 13.4. The van der Waals surface area contributed by atoms with Gasteiger partial charge in [0.2, 0.25) is 0 Å². The van der Waals surface area contributed by atoms with E-state index in [1.807, 2.05) is 6.92 Å². The van der Waals surface area contributed by atoms with Crippen LogP contribution in [0.25, 0.3) is 0 Å². The molecule has 0 rings (SSSR count). The Bertz CT molecular complexity index is 148. The van der Waals surface area contributed by atoms with Gasteiger partial charge in [-0.2, -0.15) is 0 Å². The Morgan fingerprint density at radius 2 is 1.93 bits per heavy atom. The summed E-state index contributed by atoms with van der Waals surface area (Å²) in [6.07, 6.45) is 3.81. The zero-order chi connectivity index (χ0) is 10.8. The van der Waals surface area contributed by atoms with E-state index >= 15 is 0 Å². The highest BCUT2D eigenvalue weighted by Gasteiger charge is 2.00. The Kier molecular flexibility index (Phi) is 8.64. The molecule has 0 fully saturated rings. The summed E-state index contributed by atoms with van der Waals surface area (Å²) in [7, 11) is 2.12. The van der Waals surface area contributed by atoms with Crippen LogP contribution in [0.15, 0.2) is 0 Å². The maximum Gasteiger partial charge on any atom is 0.305 e. The van der Waals surface area contributed by atoms with Crippen LogP contribution in [0.4, 0.5) is 0 Å². The van der Waals surface area contributed by atoms with Crippen molar-refractivity contribution in [1.29, 1.82) is 0 Å². The van der Waals surface area contributed by atoms with Gasteiger partial charge in [0.05, 0.1) is 6.61 Å². The zero-order valence-corrected chi connectivity index (χ0v) is 9.71. The molecule has 0 aliphatic carbocycles. The predicted octanol–water partition coefficient (Wildman–Crippen LogP) is 2.06. The van der Waals surface area contributed by atoms with E-state index in [9.17, 15) is 4.79 Å². The summed E-state index contributed by atoms with van der Waals surface area (Å²) in [6, 6.07) is 0. The van der Waals surface area contributed by atoms with Crippen LogP contribution < -0.4 is 0 Å². The number of rotatable bonds is 8. The third-order valence-corrected chi connectivity index (χ3v) is 2.27. The molecule has 0 heterocycles. The van der Waals surface area contributed by atoms with Crippen molar-refractivity contribution in [2.75, 3.05) is 26.7 Å². The molecule has 0 spiro atoms. The fourth-order valence-corrected chi connectivity index (χ4v) is 1.22. The zero-order valence-electron chi connectivity index (χ0n) is 9.71. The van der Waals surface area contributed by atoms with Crippen molar-refractivity contribution in [2.24, 2.45) is 0 Å². The van der Waals surface area contributed by atoms with Crippen molar-refractivity contribution in [2.45, 2.75) is 39.5 Å². The van der Waals surface area contributed by atoms with Gasteiger partial charge in [0.15, 0.2) is 0 Å². The van der Waals surface area contributed by atoms with Gasteiger partial charge in [-0.3, -0.25) is 4.79 Å². The molecule has 0 aromatic heterocycles. The van der Waals surface area contributed by atoms with Gasteiger partial charge in [-0.15, -0.1) is 0 Å². The summed E-state index contributed by atoms with van der Waals surface area (Å²) in [5, 5.41) is 0. The minimum atomic E-state index is -0.0589. The molecule has 0 N–H and O–H groups in total. The molecule has 3 heteroatoms. The van der Waals surface area contributed by atoms with E-state index < -0.39 is 0 Å². The molecule has 0 saturated heterocycles. The number of carbonyl (C=O) groups is 1. The SMILES string of the molecule is CCOC(=O)CCCCCN(C)CC. The molecule has 3 nitrogen and oxygen atoms in total. The molecular formula is C11H23NO2. The molecule has 0 radical (unpaired) electrons. The Morgan fingerprint density at radius 1 is 1.21 bits per heavy atom. The molecule has 0 unspecified atom stereocenters. The van der Waals surface area contributed by atoms with Crippen molar-refractivity contribution in [3.63, 3.8) is 0 Å². The largest absolute Gasteiger partial charge is 0.466 e. The van der Waals surface area contributed by atoms with E-state index in [1.165, 1.54) is 6.42 Å². The summed E-state index contributed by atoms with van der Waals surface area (Å²) < 4.78 is 4.84. The summed E-state index contributed by atoms with van der Waals surface area (Å²) in [5.41, 5.74) is 0. The lowest BCUT2D eigenvalue weighted by atomic mass is 10.2. The van der Waals surface area contributed by atoms with Gasteiger partial charge in [-0.05, 0) is 39.9 Å². The number of hydrogen-bond donors (Lipinski definition) is 0. The van der Waals surface area contributed by atoms with Crippen LogP contribution in [-0.4, -0.2) is 37.6 Å². The highest BCUT2D eigenvalue weighted by atomic mass is 16.5. The second kappa shape index (κ2) is 9.00. The molecule has 0 bridgehead atoms. The standard InChI is InChI=1S/C11H23NO2/c1-4-12(3)10-8-6-7-9-11(13)14-5-2/h4-10H2,1-3H3.